The highest BCUT2D eigenvalue weighted by Crippen LogP contribution is 2.49. The minimum absolute atomic E-state index is 0.0857. The van der Waals surface area contributed by atoms with E-state index in [-0.39, 0.29) is 5.41 Å². The third-order valence-electron chi connectivity index (χ3n) is 4.50. The molecule has 1 heteroatoms. The van der Waals surface area contributed by atoms with Gasteiger partial charge in [-0.15, -0.1) is 0 Å². The molecule has 0 saturated heterocycles. The predicted octanol–water partition coefficient (Wildman–Crippen LogP) is 5.91. The third-order valence-corrected chi connectivity index (χ3v) is 5.00. The van der Waals surface area contributed by atoms with Crippen LogP contribution in [0.1, 0.15) is 25.0 Å². The first-order valence-corrected chi connectivity index (χ1v) is 7.70. The summed E-state index contributed by atoms with van der Waals surface area (Å²) < 4.78 is 1.14. The van der Waals surface area contributed by atoms with Crippen LogP contribution in [0.4, 0.5) is 0 Å². The van der Waals surface area contributed by atoms with E-state index in [2.05, 4.69) is 84.4 Å². The van der Waals surface area contributed by atoms with E-state index in [0.29, 0.717) is 0 Å². The predicted molar refractivity (Wildman–Crippen MR) is 89.2 cm³/mol. The van der Waals surface area contributed by atoms with Gasteiger partial charge in [0.2, 0.25) is 0 Å². The summed E-state index contributed by atoms with van der Waals surface area (Å²) in [5.41, 5.74) is 5.73. The van der Waals surface area contributed by atoms with Gasteiger partial charge in [-0.05, 0) is 57.3 Å². The van der Waals surface area contributed by atoms with Crippen LogP contribution in [0.5, 0.6) is 0 Å². The minimum atomic E-state index is 0.0857. The van der Waals surface area contributed by atoms with E-state index in [9.17, 15) is 0 Å². The maximum atomic E-state index is 3.57. The van der Waals surface area contributed by atoms with Gasteiger partial charge in [0.15, 0.2) is 0 Å². The van der Waals surface area contributed by atoms with E-state index < -0.39 is 0 Å². The molecule has 0 bridgehead atoms. The monoisotopic (exact) mass is 322 g/mol. The summed E-state index contributed by atoms with van der Waals surface area (Å²) in [7, 11) is 0. The Balaban J connectivity index is 2.12. The number of rotatable bonds is 0. The molecule has 1 aliphatic carbocycles. The van der Waals surface area contributed by atoms with Gasteiger partial charge in [-0.2, -0.15) is 0 Å². The van der Waals surface area contributed by atoms with Gasteiger partial charge < -0.3 is 0 Å². The highest BCUT2D eigenvalue weighted by atomic mass is 79.9. The molecule has 0 spiro atoms. The van der Waals surface area contributed by atoms with Crippen molar-refractivity contribution in [3.63, 3.8) is 0 Å². The third kappa shape index (κ3) is 1.53. The fourth-order valence-electron chi connectivity index (χ4n) is 3.42. The molecule has 0 unspecified atom stereocenters. The second kappa shape index (κ2) is 3.95. The SMILES string of the molecule is CC1(C)c2ccccc2-c2cc3ccc(Br)cc3cc21. The summed E-state index contributed by atoms with van der Waals surface area (Å²) in [6, 6.07) is 20.0. The molecule has 0 amide bonds. The van der Waals surface area contributed by atoms with E-state index in [1.54, 1.807) is 0 Å². The van der Waals surface area contributed by atoms with Crippen molar-refractivity contribution >= 4 is 26.7 Å². The van der Waals surface area contributed by atoms with Gasteiger partial charge in [-0.3, -0.25) is 0 Å². The van der Waals surface area contributed by atoms with Gasteiger partial charge in [-0.25, -0.2) is 0 Å². The first-order valence-electron chi connectivity index (χ1n) is 6.91. The van der Waals surface area contributed by atoms with Crippen LogP contribution in [-0.2, 0) is 5.41 Å². The first kappa shape index (κ1) is 12.2. The van der Waals surface area contributed by atoms with Gasteiger partial charge in [0.05, 0.1) is 0 Å². The first-order chi connectivity index (χ1) is 9.57. The summed E-state index contributed by atoms with van der Waals surface area (Å²) in [6.07, 6.45) is 0. The Hall–Kier alpha value is -1.60. The van der Waals surface area contributed by atoms with Crippen molar-refractivity contribution in [1.29, 1.82) is 0 Å². The largest absolute Gasteiger partial charge is 0.0619 e. The van der Waals surface area contributed by atoms with E-state index in [1.165, 1.54) is 33.0 Å². The quantitative estimate of drug-likeness (QED) is 0.482. The standard InChI is InChI=1S/C19H15Br/c1-19(2)17-6-4-3-5-15(17)16-10-12-7-8-14(20)9-13(12)11-18(16)19/h3-11H,1-2H3. The Labute approximate surface area is 127 Å². The van der Waals surface area contributed by atoms with Crippen LogP contribution in [0.2, 0.25) is 0 Å². The average Bonchev–Trinajstić information content (AvgIpc) is 2.66. The van der Waals surface area contributed by atoms with Crippen LogP contribution in [0.15, 0.2) is 59.1 Å². The summed E-state index contributed by atoms with van der Waals surface area (Å²) in [5, 5.41) is 2.61. The molecule has 0 heterocycles. The van der Waals surface area contributed by atoms with Crippen LogP contribution < -0.4 is 0 Å². The lowest BCUT2D eigenvalue weighted by atomic mass is 9.82. The average molecular weight is 323 g/mol. The van der Waals surface area contributed by atoms with E-state index in [0.717, 1.165) is 4.47 Å². The lowest BCUT2D eigenvalue weighted by molar-refractivity contribution is 0.661. The van der Waals surface area contributed by atoms with E-state index in [1.807, 2.05) is 0 Å². The van der Waals surface area contributed by atoms with E-state index in [4.69, 9.17) is 0 Å². The molecule has 0 atom stereocenters. The number of hydrogen-bond acceptors (Lipinski definition) is 0. The molecule has 0 nitrogen and oxygen atoms in total. The molecule has 1 aliphatic rings. The van der Waals surface area contributed by atoms with Crippen molar-refractivity contribution < 1.29 is 0 Å². The highest BCUT2D eigenvalue weighted by molar-refractivity contribution is 9.10. The van der Waals surface area contributed by atoms with Gasteiger partial charge >= 0.3 is 0 Å². The molecule has 4 rings (SSSR count). The van der Waals surface area contributed by atoms with Gasteiger partial charge in [-0.1, -0.05) is 60.1 Å². The van der Waals surface area contributed by atoms with Crippen molar-refractivity contribution in [2.75, 3.05) is 0 Å². The Morgan fingerprint density at radius 3 is 2.40 bits per heavy atom. The molecule has 0 saturated carbocycles. The van der Waals surface area contributed by atoms with Crippen molar-refractivity contribution in [3.8, 4) is 11.1 Å². The zero-order valence-electron chi connectivity index (χ0n) is 11.6. The van der Waals surface area contributed by atoms with Crippen LogP contribution in [-0.4, -0.2) is 0 Å². The van der Waals surface area contributed by atoms with Crippen LogP contribution in [0, 0.1) is 0 Å². The normalized spacial score (nSPS) is 15.2. The molecule has 98 valence electrons. The van der Waals surface area contributed by atoms with Crippen LogP contribution >= 0.6 is 15.9 Å². The summed E-state index contributed by atoms with van der Waals surface area (Å²) in [5.74, 6) is 0. The fraction of sp³-hybridized carbons (Fsp3) is 0.158. The van der Waals surface area contributed by atoms with Gasteiger partial charge in [0, 0.05) is 9.89 Å². The zero-order valence-corrected chi connectivity index (χ0v) is 13.2. The Kier molecular flexibility index (Phi) is 2.41. The van der Waals surface area contributed by atoms with Gasteiger partial charge in [0.25, 0.3) is 0 Å². The molecular formula is C19H15Br. The van der Waals surface area contributed by atoms with Gasteiger partial charge in [0.1, 0.15) is 0 Å². The van der Waals surface area contributed by atoms with Crippen LogP contribution in [0.25, 0.3) is 21.9 Å². The molecule has 0 N–H and O–H groups in total. The van der Waals surface area contributed by atoms with Crippen molar-refractivity contribution in [3.05, 3.63) is 70.2 Å². The molecule has 0 aliphatic heterocycles. The molecule has 3 aromatic carbocycles. The Bertz CT molecular complexity index is 844. The maximum absolute atomic E-state index is 3.57. The van der Waals surface area contributed by atoms with Crippen molar-refractivity contribution in [2.45, 2.75) is 19.3 Å². The molecule has 0 aromatic heterocycles. The van der Waals surface area contributed by atoms with Crippen molar-refractivity contribution in [1.82, 2.24) is 0 Å². The topological polar surface area (TPSA) is 0 Å². The van der Waals surface area contributed by atoms with Crippen LogP contribution in [0.3, 0.4) is 0 Å². The molecule has 20 heavy (non-hydrogen) atoms. The maximum Gasteiger partial charge on any atom is 0.0181 e. The highest BCUT2D eigenvalue weighted by Gasteiger charge is 2.35. The number of halogens is 1. The summed E-state index contributed by atoms with van der Waals surface area (Å²) >= 11 is 3.57. The molecular weight excluding hydrogens is 308 g/mol. The fourth-order valence-corrected chi connectivity index (χ4v) is 3.80. The van der Waals surface area contributed by atoms with Crippen molar-refractivity contribution in [2.24, 2.45) is 0 Å². The lowest BCUT2D eigenvalue weighted by Crippen LogP contribution is -2.14. The lowest BCUT2D eigenvalue weighted by Gasteiger charge is -2.21. The van der Waals surface area contributed by atoms with E-state index >= 15 is 0 Å². The Morgan fingerprint density at radius 2 is 1.55 bits per heavy atom. The second-order valence-corrected chi connectivity index (χ2v) is 6.98. The summed E-state index contributed by atoms with van der Waals surface area (Å²) in [6.45, 7) is 4.64. The number of hydrogen-bond donors (Lipinski definition) is 0. The Morgan fingerprint density at radius 1 is 0.750 bits per heavy atom. The minimum Gasteiger partial charge on any atom is -0.0619 e. The number of benzene rings is 3. The summed E-state index contributed by atoms with van der Waals surface area (Å²) in [4.78, 5) is 0. The second-order valence-electron chi connectivity index (χ2n) is 6.06. The molecule has 3 aromatic rings. The zero-order chi connectivity index (χ0) is 13.9. The molecule has 0 fully saturated rings. The smallest absolute Gasteiger partial charge is 0.0181 e. The molecule has 0 radical (unpaired) electrons. The number of fused-ring (bicyclic) bond motifs is 4.